The zero-order valence-electron chi connectivity index (χ0n) is 19.5. The van der Waals surface area contributed by atoms with Crippen molar-refractivity contribution in [3.8, 4) is 0 Å². The molecule has 2 aromatic carbocycles. The number of fused-ring (bicyclic) bond motifs is 1. The van der Waals surface area contributed by atoms with Gasteiger partial charge in [0.15, 0.2) is 5.70 Å². The number of carbonyl (C=O) groups is 3. The number of aromatic nitrogens is 2. The van der Waals surface area contributed by atoms with E-state index in [1.807, 2.05) is 0 Å². The number of benzene rings is 2. The number of azo groups is 1. The molecule has 0 bridgehead atoms. The fourth-order valence-corrected chi connectivity index (χ4v) is 2.86. The molecule has 1 heterocycles. The molecule has 0 saturated heterocycles. The minimum absolute atomic E-state index is 0.122. The molecule has 3 rings (SSSR count). The van der Waals surface area contributed by atoms with Crippen LogP contribution < -0.4 is 11.0 Å². The predicted octanol–water partition coefficient (Wildman–Crippen LogP) is 3.64. The predicted molar refractivity (Wildman–Crippen MR) is 130 cm³/mol. The molecule has 1 amide bonds. The van der Waals surface area contributed by atoms with Gasteiger partial charge in [-0.3, -0.25) is 4.79 Å². The number of amides is 1. The zero-order chi connectivity index (χ0) is 26.2. The number of carbonyl (C=O) groups excluding carboxylic acids is 3. The summed E-state index contributed by atoms with van der Waals surface area (Å²) in [7, 11) is 0. The largest absolute Gasteiger partial charge is 0.510 e. The van der Waals surface area contributed by atoms with Gasteiger partial charge in [-0.1, -0.05) is 12.6 Å². The van der Waals surface area contributed by atoms with Crippen molar-refractivity contribution in [2.45, 2.75) is 13.8 Å². The van der Waals surface area contributed by atoms with Gasteiger partial charge in [-0.2, -0.15) is 5.11 Å². The van der Waals surface area contributed by atoms with Crippen LogP contribution in [0, 0.1) is 0 Å². The quantitative estimate of drug-likeness (QED) is 0.116. The average molecular weight is 493 g/mol. The summed E-state index contributed by atoms with van der Waals surface area (Å²) in [4.78, 5) is 52.8. The van der Waals surface area contributed by atoms with Gasteiger partial charge in [0.05, 0.1) is 22.3 Å². The number of nitrogens with one attached hydrogen (secondary N) is 3. The summed E-state index contributed by atoms with van der Waals surface area (Å²) in [6.07, 6.45) is 0. The summed E-state index contributed by atoms with van der Waals surface area (Å²) in [5.41, 5.74) is 1.28. The lowest BCUT2D eigenvalue weighted by atomic mass is 10.2. The maximum atomic E-state index is 12.7. The van der Waals surface area contributed by atoms with Gasteiger partial charge >= 0.3 is 17.6 Å². The van der Waals surface area contributed by atoms with Crippen LogP contribution in [0.25, 0.3) is 11.0 Å². The number of H-pyrrole nitrogens is 2. The van der Waals surface area contributed by atoms with Crippen molar-refractivity contribution in [3.05, 3.63) is 82.1 Å². The minimum atomic E-state index is -0.740. The number of nitrogens with zero attached hydrogens (tertiary/aromatic N) is 2. The third-order valence-electron chi connectivity index (χ3n) is 4.58. The van der Waals surface area contributed by atoms with Crippen LogP contribution in [0.1, 0.15) is 24.2 Å². The van der Waals surface area contributed by atoms with Crippen LogP contribution in [0.15, 0.2) is 81.1 Å². The second kappa shape index (κ2) is 11.4. The molecule has 186 valence electrons. The molecule has 0 aliphatic carbocycles. The van der Waals surface area contributed by atoms with Crippen LogP contribution in [0.3, 0.4) is 0 Å². The summed E-state index contributed by atoms with van der Waals surface area (Å²) in [5, 5.41) is 20.3. The number of hydrogen-bond donors (Lipinski definition) is 4. The second-order valence-corrected chi connectivity index (χ2v) is 7.53. The number of ether oxygens (including phenoxy) is 2. The summed E-state index contributed by atoms with van der Waals surface area (Å²) >= 11 is 0. The van der Waals surface area contributed by atoms with E-state index in [4.69, 9.17) is 9.47 Å². The summed E-state index contributed by atoms with van der Waals surface area (Å²) in [6, 6.07) is 10.7. The number of aliphatic hydroxyl groups is 1. The highest BCUT2D eigenvalue weighted by Crippen LogP contribution is 2.20. The number of aromatic amines is 2. The normalized spacial score (nSPS) is 11.7. The molecule has 3 aromatic rings. The van der Waals surface area contributed by atoms with Crippen LogP contribution in [0.4, 0.5) is 11.4 Å². The zero-order valence-corrected chi connectivity index (χ0v) is 19.5. The molecule has 0 radical (unpaired) electrons. The molecule has 0 spiro atoms. The van der Waals surface area contributed by atoms with Gasteiger partial charge < -0.3 is 29.9 Å². The van der Waals surface area contributed by atoms with Gasteiger partial charge in [-0.25, -0.2) is 14.4 Å². The molecule has 0 saturated carbocycles. The Balaban J connectivity index is 1.65. The third kappa shape index (κ3) is 6.76. The van der Waals surface area contributed by atoms with Crippen molar-refractivity contribution in [2.24, 2.45) is 10.2 Å². The van der Waals surface area contributed by atoms with Crippen LogP contribution >= 0.6 is 0 Å². The Morgan fingerprint density at radius 3 is 2.47 bits per heavy atom. The van der Waals surface area contributed by atoms with Gasteiger partial charge in [0.2, 0.25) is 0 Å². The lowest BCUT2D eigenvalue weighted by Gasteiger charge is -2.07. The fraction of sp³-hybridized carbons (Fsp3) is 0.167. The fourth-order valence-electron chi connectivity index (χ4n) is 2.86. The van der Waals surface area contributed by atoms with Crippen molar-refractivity contribution in [1.29, 1.82) is 0 Å². The highest BCUT2D eigenvalue weighted by Gasteiger charge is 2.15. The second-order valence-electron chi connectivity index (χ2n) is 7.53. The monoisotopic (exact) mass is 493 g/mol. The van der Waals surface area contributed by atoms with Crippen LogP contribution in [-0.2, 0) is 19.1 Å². The number of allylic oxidation sites excluding steroid dienone is 1. The standard InChI is InChI=1S/C24H23N5O7/c1-13(2)22(32)35-9-10-36-23(33)15-5-4-6-17(11-15)28-29-20(14(3)30)21(31)25-16-7-8-18-19(12-16)27-24(34)26-18/h4-8,11-12,30H,1,9-10H2,2-3H3,(H,25,31)(H2,26,27,34)/b20-14+,29-28?. The van der Waals surface area contributed by atoms with E-state index in [0.29, 0.717) is 16.7 Å². The van der Waals surface area contributed by atoms with Crippen molar-refractivity contribution in [1.82, 2.24) is 9.97 Å². The third-order valence-corrected chi connectivity index (χ3v) is 4.58. The minimum Gasteiger partial charge on any atom is -0.510 e. The van der Waals surface area contributed by atoms with E-state index in [-0.39, 0.29) is 47.2 Å². The molecular weight excluding hydrogens is 470 g/mol. The van der Waals surface area contributed by atoms with Gasteiger partial charge in [0.25, 0.3) is 5.91 Å². The van der Waals surface area contributed by atoms with E-state index in [0.717, 1.165) is 0 Å². The SMILES string of the molecule is C=C(C)C(=O)OCCOC(=O)c1cccc(N=N/C(C(=O)Nc2ccc3[nH]c(=O)[nH]c3c2)=C(\C)O)c1. The first-order chi connectivity index (χ1) is 17.1. The Bertz CT molecular complexity index is 1440. The smallest absolute Gasteiger partial charge is 0.338 e. The molecule has 12 heteroatoms. The summed E-state index contributed by atoms with van der Waals surface area (Å²) < 4.78 is 9.91. The number of imidazole rings is 1. The number of anilines is 1. The van der Waals surface area contributed by atoms with Crippen LogP contribution in [0.5, 0.6) is 0 Å². The number of rotatable bonds is 9. The highest BCUT2D eigenvalue weighted by molar-refractivity contribution is 6.04. The molecule has 0 atom stereocenters. The molecular formula is C24H23N5O7. The lowest BCUT2D eigenvalue weighted by molar-refractivity contribution is -0.140. The molecule has 36 heavy (non-hydrogen) atoms. The van der Waals surface area contributed by atoms with E-state index in [1.165, 1.54) is 38.1 Å². The van der Waals surface area contributed by atoms with Gasteiger partial charge in [0, 0.05) is 11.3 Å². The van der Waals surface area contributed by atoms with E-state index >= 15 is 0 Å². The molecule has 1 aromatic heterocycles. The first-order valence-corrected chi connectivity index (χ1v) is 10.6. The Labute approximate surface area is 204 Å². The van der Waals surface area contributed by atoms with Gasteiger partial charge in [0.1, 0.15) is 19.0 Å². The molecule has 0 aliphatic rings. The molecule has 4 N–H and O–H groups in total. The average Bonchev–Trinajstić information content (AvgIpc) is 3.20. The molecule has 0 aliphatic heterocycles. The van der Waals surface area contributed by atoms with Gasteiger partial charge in [-0.15, -0.1) is 5.11 Å². The lowest BCUT2D eigenvalue weighted by Crippen LogP contribution is -2.14. The molecule has 12 nitrogen and oxygen atoms in total. The van der Waals surface area contributed by atoms with Crippen molar-refractivity contribution < 1.29 is 29.0 Å². The van der Waals surface area contributed by atoms with Crippen LogP contribution in [0.2, 0.25) is 0 Å². The van der Waals surface area contributed by atoms with E-state index in [1.54, 1.807) is 18.2 Å². The Morgan fingerprint density at radius 1 is 1.03 bits per heavy atom. The summed E-state index contributed by atoms with van der Waals surface area (Å²) in [6.45, 7) is 5.96. The Kier molecular flexibility index (Phi) is 8.13. The Morgan fingerprint density at radius 2 is 1.75 bits per heavy atom. The number of esters is 2. The number of aliphatic hydroxyl groups excluding tert-OH is 1. The van der Waals surface area contributed by atoms with Gasteiger partial charge in [-0.05, 0) is 50.2 Å². The van der Waals surface area contributed by atoms with Crippen LogP contribution in [-0.4, -0.2) is 46.1 Å². The van der Waals surface area contributed by atoms with Crippen molar-refractivity contribution in [3.63, 3.8) is 0 Å². The first kappa shape index (κ1) is 25.6. The molecule has 0 unspecified atom stereocenters. The van der Waals surface area contributed by atoms with E-state index < -0.39 is 17.8 Å². The first-order valence-electron chi connectivity index (χ1n) is 10.6. The topological polar surface area (TPSA) is 175 Å². The molecule has 0 fully saturated rings. The van der Waals surface area contributed by atoms with Crippen molar-refractivity contribution in [2.75, 3.05) is 18.5 Å². The van der Waals surface area contributed by atoms with E-state index in [2.05, 4.69) is 32.1 Å². The Hall–Kier alpha value is -5.00. The maximum Gasteiger partial charge on any atom is 0.338 e. The number of hydrogen-bond acceptors (Lipinski definition) is 9. The van der Waals surface area contributed by atoms with E-state index in [9.17, 15) is 24.3 Å². The highest BCUT2D eigenvalue weighted by atomic mass is 16.6. The summed E-state index contributed by atoms with van der Waals surface area (Å²) in [5.74, 6) is -2.38. The van der Waals surface area contributed by atoms with Crippen molar-refractivity contribution >= 4 is 40.3 Å². The maximum absolute atomic E-state index is 12.7.